The van der Waals surface area contributed by atoms with Crippen LogP contribution in [0.5, 0.6) is 0 Å². The van der Waals surface area contributed by atoms with Crippen LogP contribution in [0.4, 0.5) is 13.2 Å². The molecule has 2 aromatic carbocycles. The first-order valence-corrected chi connectivity index (χ1v) is 9.76. The Bertz CT molecular complexity index is 1010. The molecule has 0 aliphatic carbocycles. The monoisotopic (exact) mass is 627 g/mol. The van der Waals surface area contributed by atoms with Gasteiger partial charge in [-0.3, -0.25) is 0 Å². The van der Waals surface area contributed by atoms with Crippen LogP contribution >= 0.6 is 0 Å². The van der Waals surface area contributed by atoms with Gasteiger partial charge in [-0.2, -0.15) is 13.2 Å². The zero-order valence-corrected chi connectivity index (χ0v) is 20.7. The molecule has 31 heavy (non-hydrogen) atoms. The van der Waals surface area contributed by atoms with Crippen LogP contribution in [0.25, 0.3) is 22.4 Å². The van der Waals surface area contributed by atoms with Gasteiger partial charge in [0.1, 0.15) is 0 Å². The van der Waals surface area contributed by atoms with Gasteiger partial charge in [-0.05, 0) is 22.2 Å². The molecule has 0 unspecified atom stereocenters. The summed E-state index contributed by atoms with van der Waals surface area (Å²) < 4.78 is 49.5. The fraction of sp³-hybridized carbons (Fsp3) is 0.217. The van der Waals surface area contributed by atoms with Gasteiger partial charge >= 0.3 is 25.6 Å². The molecule has 168 valence electrons. The fourth-order valence-electron chi connectivity index (χ4n) is 2.42. The second-order valence-corrected chi connectivity index (χ2v) is 8.15. The normalized spacial score (nSPS) is 10.9. The van der Waals surface area contributed by atoms with E-state index in [1.165, 1.54) is 16.7 Å². The summed E-state index contributed by atoms with van der Waals surface area (Å²) in [4.78, 5) is 4.62. The molecule has 0 aliphatic rings. The van der Waals surface area contributed by atoms with Gasteiger partial charge in [-0.25, -0.2) is 0 Å². The van der Waals surface area contributed by atoms with Crippen molar-refractivity contribution in [3.05, 3.63) is 85.9 Å². The van der Waals surface area contributed by atoms with Crippen molar-refractivity contribution < 1.29 is 41.7 Å². The van der Waals surface area contributed by atoms with E-state index in [9.17, 15) is 13.2 Å². The average molecular weight is 627 g/mol. The molecule has 3 aromatic rings. The van der Waals surface area contributed by atoms with Crippen LogP contribution < -0.4 is 0 Å². The van der Waals surface area contributed by atoms with Gasteiger partial charge < -0.3 is 20.8 Å². The molecule has 0 bridgehead atoms. The number of aromatic nitrogens is 1. The molecule has 3 rings (SSSR count). The van der Waals surface area contributed by atoms with E-state index in [-0.39, 0.29) is 32.9 Å². The van der Waals surface area contributed by atoms with Crippen molar-refractivity contribution in [1.29, 1.82) is 0 Å². The average Bonchev–Trinajstić information content (AvgIpc) is 2.68. The van der Waals surface area contributed by atoms with Crippen LogP contribution in [0.3, 0.4) is 0 Å². The molecule has 0 spiro atoms. The number of hydrogen-bond acceptors (Lipinski definition) is 4. The SMILES string of the molecule is CC(C)(C)c1ccc(-c2[c-]ccc(-c3ccccc3)c2)nc1.O=[S-](=O)C(F)(F)F.[CH3-].[Ir+3]. The van der Waals surface area contributed by atoms with Crippen molar-refractivity contribution in [2.45, 2.75) is 31.7 Å². The summed E-state index contributed by atoms with van der Waals surface area (Å²) in [6, 6.07) is 24.1. The van der Waals surface area contributed by atoms with Crippen LogP contribution in [0.15, 0.2) is 66.9 Å². The number of hydrogen-bond donors (Lipinski definition) is 0. The van der Waals surface area contributed by atoms with Gasteiger partial charge in [-0.1, -0.05) is 63.2 Å². The first kappa shape index (κ1) is 29.0. The molecule has 8 heteroatoms. The van der Waals surface area contributed by atoms with E-state index in [1.807, 2.05) is 18.3 Å². The van der Waals surface area contributed by atoms with E-state index in [0.29, 0.717) is 0 Å². The van der Waals surface area contributed by atoms with Gasteiger partial charge in [0.2, 0.25) is 0 Å². The minimum atomic E-state index is -5.08. The summed E-state index contributed by atoms with van der Waals surface area (Å²) in [5.41, 5.74) is 0.685. The first-order valence-electron chi connectivity index (χ1n) is 8.68. The summed E-state index contributed by atoms with van der Waals surface area (Å²) in [7, 11) is -3.93. The fourth-order valence-corrected chi connectivity index (χ4v) is 2.42. The molecule has 1 heterocycles. The summed E-state index contributed by atoms with van der Waals surface area (Å²) in [6.45, 7) is 6.60. The van der Waals surface area contributed by atoms with Gasteiger partial charge in [0.15, 0.2) is 0 Å². The van der Waals surface area contributed by atoms with Crippen molar-refractivity contribution in [1.82, 2.24) is 4.98 Å². The molecule has 0 radical (unpaired) electrons. The van der Waals surface area contributed by atoms with Crippen molar-refractivity contribution in [3.63, 3.8) is 0 Å². The van der Waals surface area contributed by atoms with Crippen LogP contribution in [-0.2, 0) is 44.6 Å². The molecule has 0 amide bonds. The number of nitrogens with zero attached hydrogens (tertiary/aromatic N) is 1. The van der Waals surface area contributed by atoms with E-state index in [2.05, 4.69) is 80.4 Å². The van der Waals surface area contributed by atoms with Crippen LogP contribution in [0.2, 0.25) is 0 Å². The Labute approximate surface area is 197 Å². The van der Waals surface area contributed by atoms with Gasteiger partial charge in [0, 0.05) is 16.9 Å². The second-order valence-electron chi connectivity index (χ2n) is 7.22. The minimum Gasteiger partial charge on any atom is -0.416 e. The molecule has 0 N–H and O–H groups in total. The van der Waals surface area contributed by atoms with Gasteiger partial charge in [0.25, 0.3) is 0 Å². The van der Waals surface area contributed by atoms with Crippen molar-refractivity contribution in [2.24, 2.45) is 0 Å². The Balaban J connectivity index is 0.000000875. The zero-order chi connectivity index (χ0) is 21.7. The topological polar surface area (TPSA) is 47.0 Å². The maximum absolute atomic E-state index is 10.6. The van der Waals surface area contributed by atoms with Gasteiger partial charge in [-0.15, -0.1) is 35.4 Å². The number of pyridine rings is 1. The summed E-state index contributed by atoms with van der Waals surface area (Å²) in [5, 5.41) is 0. The number of halogens is 3. The van der Waals surface area contributed by atoms with E-state index < -0.39 is 16.2 Å². The maximum Gasteiger partial charge on any atom is 3.00 e. The third kappa shape index (κ3) is 8.93. The van der Waals surface area contributed by atoms with Crippen molar-refractivity contribution >= 4 is 10.7 Å². The quantitative estimate of drug-likeness (QED) is 0.233. The summed E-state index contributed by atoms with van der Waals surface area (Å²) in [5.74, 6) is 0. The van der Waals surface area contributed by atoms with Crippen molar-refractivity contribution in [2.75, 3.05) is 0 Å². The number of rotatable bonds is 2. The molecule has 3 nitrogen and oxygen atoms in total. The number of alkyl halides is 3. The van der Waals surface area contributed by atoms with Crippen molar-refractivity contribution in [3.8, 4) is 22.4 Å². The Morgan fingerprint density at radius 2 is 1.48 bits per heavy atom. The summed E-state index contributed by atoms with van der Waals surface area (Å²) >= 11 is 0. The number of benzene rings is 2. The van der Waals surface area contributed by atoms with Gasteiger partial charge in [0.05, 0.1) is 0 Å². The predicted molar refractivity (Wildman–Crippen MR) is 114 cm³/mol. The Morgan fingerprint density at radius 1 is 0.903 bits per heavy atom. The third-order valence-corrected chi connectivity index (χ3v) is 4.38. The minimum absolute atomic E-state index is 0. The summed E-state index contributed by atoms with van der Waals surface area (Å²) in [6.07, 6.45) is 1.97. The van der Waals surface area contributed by atoms with Crippen LogP contribution in [-0.4, -0.2) is 10.5 Å². The zero-order valence-electron chi connectivity index (χ0n) is 17.5. The first-order chi connectivity index (χ1) is 13.5. The van der Waals surface area contributed by atoms with E-state index in [4.69, 9.17) is 8.42 Å². The Morgan fingerprint density at radius 3 is 1.94 bits per heavy atom. The standard InChI is InChI=1S/C21H20N.CF3O2S.CH3.Ir/c1-21(2,3)19-12-13-20(22-15-19)18-11-7-10-17(14-18)16-8-5-4-6-9-16;2-1(3,4)7(5)6;;/h4-10,12-15H,1-3H3;;1H3;/q3*-1;+3. The third-order valence-electron chi connectivity index (χ3n) is 4.00. The van der Waals surface area contributed by atoms with Crippen LogP contribution in [0.1, 0.15) is 26.3 Å². The molecular weight excluding hydrogens is 604 g/mol. The van der Waals surface area contributed by atoms with E-state index in [0.717, 1.165) is 11.3 Å². The van der Waals surface area contributed by atoms with E-state index in [1.54, 1.807) is 0 Å². The second kappa shape index (κ2) is 12.1. The molecule has 0 atom stereocenters. The molecule has 0 saturated carbocycles. The molecule has 0 saturated heterocycles. The molecule has 0 fully saturated rings. The molecular formula is C23H23F3IrNO2S. The predicted octanol–water partition coefficient (Wildman–Crippen LogP) is 6.78. The molecule has 1 aromatic heterocycles. The maximum atomic E-state index is 10.6. The smallest absolute Gasteiger partial charge is 0.416 e. The van der Waals surface area contributed by atoms with E-state index >= 15 is 0 Å². The van der Waals surface area contributed by atoms with Crippen LogP contribution in [0, 0.1) is 13.5 Å². The Hall–Kier alpha value is -2.02. The largest absolute Gasteiger partial charge is 3.00 e. The molecule has 0 aliphatic heterocycles. The Kier molecular flexibility index (Phi) is 11.3.